The lowest BCUT2D eigenvalue weighted by Gasteiger charge is -2.15. The van der Waals surface area contributed by atoms with Gasteiger partial charge in [0.2, 0.25) is 5.13 Å². The molecule has 0 radical (unpaired) electrons. The monoisotopic (exact) mass is 534 g/mol. The zero-order chi connectivity index (χ0) is 27.0. The van der Waals surface area contributed by atoms with Crippen LogP contribution in [0.25, 0.3) is 16.9 Å². The van der Waals surface area contributed by atoms with Gasteiger partial charge in [-0.3, -0.25) is 24.5 Å². The minimum Gasteiger partial charge on any atom is -0.494 e. The molecule has 192 valence electrons. The van der Waals surface area contributed by atoms with Gasteiger partial charge in [-0.05, 0) is 37.1 Å². The molecule has 1 amide bonds. The van der Waals surface area contributed by atoms with Crippen LogP contribution in [0.15, 0.2) is 47.7 Å². The molecule has 1 saturated carbocycles. The Kier molecular flexibility index (Phi) is 6.69. The Labute approximate surface area is 219 Å². The largest absolute Gasteiger partial charge is 0.494 e. The number of hydrogen-bond donors (Lipinski definition) is 1. The summed E-state index contributed by atoms with van der Waals surface area (Å²) in [5.74, 6) is 2.67. The second-order valence-corrected chi connectivity index (χ2v) is 9.63. The first-order valence-corrected chi connectivity index (χ1v) is 12.2. The van der Waals surface area contributed by atoms with E-state index in [1.165, 1.54) is 41.3 Å². The summed E-state index contributed by atoms with van der Waals surface area (Å²) in [5, 5.41) is 11.8. The first-order valence-electron chi connectivity index (χ1n) is 11.4. The number of carbonyl (C=O) groups is 1. The SMILES string of the molecule is C#C[C@H]1CC1c1nnc(NC(=O)c2cnc(-n3ccc(C)cc3=O)cc2-c2cc(C(F)F)ncc2OC)s1. The van der Waals surface area contributed by atoms with Crippen molar-refractivity contribution in [1.82, 2.24) is 24.7 Å². The van der Waals surface area contributed by atoms with Crippen molar-refractivity contribution in [3.8, 4) is 35.0 Å². The number of halogens is 2. The van der Waals surface area contributed by atoms with Crippen LogP contribution in [-0.2, 0) is 0 Å². The summed E-state index contributed by atoms with van der Waals surface area (Å²) in [4.78, 5) is 34.0. The number of amides is 1. The molecule has 1 aliphatic carbocycles. The molecule has 0 saturated heterocycles. The van der Waals surface area contributed by atoms with Gasteiger partial charge >= 0.3 is 0 Å². The standard InChI is InChI=1S/C26H20F2N6O3S/c1-4-14-8-15(14)25-32-33-26(38-25)31-24(36)18-11-30-21(34-6-5-13(2)7-22(34)35)10-16(18)17-9-19(23(27)28)29-12-20(17)37-3/h1,5-7,9-12,14-15,23H,8H2,2-3H3,(H,31,33,36)/t14-,15?/m0/s1. The summed E-state index contributed by atoms with van der Waals surface area (Å²) in [6, 6.07) is 5.77. The van der Waals surface area contributed by atoms with Crippen molar-refractivity contribution in [3.63, 3.8) is 0 Å². The fourth-order valence-electron chi connectivity index (χ4n) is 3.95. The van der Waals surface area contributed by atoms with Crippen LogP contribution in [0.2, 0.25) is 0 Å². The Bertz CT molecular complexity index is 1640. The van der Waals surface area contributed by atoms with Gasteiger partial charge in [0.05, 0.1) is 18.9 Å². The van der Waals surface area contributed by atoms with Gasteiger partial charge in [-0.15, -0.1) is 22.5 Å². The second kappa shape index (κ2) is 10.1. The first kappa shape index (κ1) is 25.2. The second-order valence-electron chi connectivity index (χ2n) is 8.63. The lowest BCUT2D eigenvalue weighted by atomic mass is 10.00. The number of nitrogens with zero attached hydrogens (tertiary/aromatic N) is 5. The third-order valence-electron chi connectivity index (χ3n) is 6.06. The smallest absolute Gasteiger partial charge is 0.280 e. The van der Waals surface area contributed by atoms with E-state index in [0.717, 1.165) is 29.3 Å². The van der Waals surface area contributed by atoms with Crippen molar-refractivity contribution in [3.05, 3.63) is 75.0 Å². The minimum absolute atomic E-state index is 0.0447. The van der Waals surface area contributed by atoms with Crippen molar-refractivity contribution >= 4 is 22.4 Å². The number of methoxy groups -OCH3 is 1. The predicted molar refractivity (Wildman–Crippen MR) is 137 cm³/mol. The Morgan fingerprint density at radius 3 is 2.74 bits per heavy atom. The molecule has 1 N–H and O–H groups in total. The quantitative estimate of drug-likeness (QED) is 0.350. The van der Waals surface area contributed by atoms with E-state index in [1.54, 1.807) is 19.2 Å². The molecule has 2 atom stereocenters. The highest BCUT2D eigenvalue weighted by molar-refractivity contribution is 7.15. The summed E-state index contributed by atoms with van der Waals surface area (Å²) in [6.07, 6.45) is 7.40. The van der Waals surface area contributed by atoms with Crippen LogP contribution in [0.4, 0.5) is 13.9 Å². The van der Waals surface area contributed by atoms with Crippen molar-refractivity contribution in [2.45, 2.75) is 25.7 Å². The molecule has 1 aliphatic rings. The van der Waals surface area contributed by atoms with E-state index in [0.29, 0.717) is 0 Å². The number of aromatic nitrogens is 5. The number of alkyl halides is 2. The van der Waals surface area contributed by atoms with E-state index in [-0.39, 0.29) is 50.8 Å². The van der Waals surface area contributed by atoms with Gasteiger partial charge in [0.25, 0.3) is 17.9 Å². The van der Waals surface area contributed by atoms with Gasteiger partial charge in [-0.1, -0.05) is 11.3 Å². The number of terminal acetylenes is 1. The highest BCUT2D eigenvalue weighted by atomic mass is 32.1. The van der Waals surface area contributed by atoms with Crippen molar-refractivity contribution in [2.75, 3.05) is 12.4 Å². The minimum atomic E-state index is -2.85. The number of aryl methyl sites for hydroxylation is 1. The van der Waals surface area contributed by atoms with Gasteiger partial charge < -0.3 is 4.74 Å². The van der Waals surface area contributed by atoms with Crippen LogP contribution < -0.4 is 15.6 Å². The molecule has 38 heavy (non-hydrogen) atoms. The van der Waals surface area contributed by atoms with E-state index < -0.39 is 18.0 Å². The van der Waals surface area contributed by atoms with Gasteiger partial charge in [0.1, 0.15) is 22.3 Å². The van der Waals surface area contributed by atoms with Crippen LogP contribution in [0, 0.1) is 25.2 Å². The highest BCUT2D eigenvalue weighted by Gasteiger charge is 2.39. The van der Waals surface area contributed by atoms with Crippen LogP contribution in [-0.4, -0.2) is 37.7 Å². The highest BCUT2D eigenvalue weighted by Crippen LogP contribution is 2.48. The molecule has 0 aromatic carbocycles. The number of nitrogens with one attached hydrogen (secondary N) is 1. The van der Waals surface area contributed by atoms with Gasteiger partial charge in [-0.25, -0.2) is 13.8 Å². The van der Waals surface area contributed by atoms with Crippen LogP contribution >= 0.6 is 11.3 Å². The summed E-state index contributed by atoms with van der Waals surface area (Å²) in [6.45, 7) is 1.78. The zero-order valence-corrected chi connectivity index (χ0v) is 21.0. The molecular weight excluding hydrogens is 514 g/mol. The number of anilines is 1. The summed E-state index contributed by atoms with van der Waals surface area (Å²) >= 11 is 1.22. The molecule has 4 heterocycles. The number of carbonyl (C=O) groups excluding carboxylic acids is 1. The maximum absolute atomic E-state index is 13.5. The molecule has 4 aromatic rings. The van der Waals surface area contributed by atoms with Gasteiger partial charge in [-0.2, -0.15) is 0 Å². The Morgan fingerprint density at radius 1 is 1.24 bits per heavy atom. The number of hydrogen-bond acceptors (Lipinski definition) is 8. The first-order chi connectivity index (χ1) is 18.3. The van der Waals surface area contributed by atoms with Gasteiger partial charge in [0, 0.05) is 41.4 Å². The van der Waals surface area contributed by atoms with E-state index in [1.807, 2.05) is 0 Å². The maximum Gasteiger partial charge on any atom is 0.280 e. The molecule has 12 heteroatoms. The zero-order valence-electron chi connectivity index (χ0n) is 20.2. The van der Waals surface area contributed by atoms with Crippen LogP contribution in [0.3, 0.4) is 0 Å². The summed E-state index contributed by atoms with van der Waals surface area (Å²) in [7, 11) is 1.36. The molecule has 9 nitrogen and oxygen atoms in total. The normalized spacial score (nSPS) is 16.2. The molecule has 5 rings (SSSR count). The number of rotatable bonds is 7. The molecular formula is C26H20F2N6O3S. The lowest BCUT2D eigenvalue weighted by Crippen LogP contribution is -2.19. The Hall–Kier alpha value is -4.50. The molecule has 0 bridgehead atoms. The average Bonchev–Trinajstić information content (AvgIpc) is 3.56. The molecule has 0 aliphatic heterocycles. The van der Waals surface area contributed by atoms with Crippen LogP contribution in [0.1, 0.15) is 45.4 Å². The van der Waals surface area contributed by atoms with E-state index in [4.69, 9.17) is 11.2 Å². The van der Waals surface area contributed by atoms with E-state index >= 15 is 0 Å². The van der Waals surface area contributed by atoms with Crippen molar-refractivity contribution in [2.24, 2.45) is 5.92 Å². The van der Waals surface area contributed by atoms with E-state index in [9.17, 15) is 18.4 Å². The fraction of sp³-hybridized carbons (Fsp3) is 0.231. The molecule has 0 spiro atoms. The molecule has 1 unspecified atom stereocenters. The Balaban J connectivity index is 1.59. The van der Waals surface area contributed by atoms with E-state index in [2.05, 4.69) is 31.4 Å². The van der Waals surface area contributed by atoms with Crippen molar-refractivity contribution in [1.29, 1.82) is 0 Å². The summed E-state index contributed by atoms with van der Waals surface area (Å²) < 4.78 is 33.7. The fourth-order valence-corrected chi connectivity index (χ4v) is 4.87. The maximum atomic E-state index is 13.5. The topological polar surface area (TPSA) is 112 Å². The number of pyridine rings is 3. The third kappa shape index (κ3) is 4.88. The molecule has 4 aromatic heterocycles. The average molecular weight is 535 g/mol. The predicted octanol–water partition coefficient (Wildman–Crippen LogP) is 4.39. The Morgan fingerprint density at radius 2 is 2.05 bits per heavy atom. The number of ether oxygens (including phenoxy) is 1. The lowest BCUT2D eigenvalue weighted by molar-refractivity contribution is 0.102. The van der Waals surface area contributed by atoms with Crippen LogP contribution in [0.5, 0.6) is 5.75 Å². The molecule has 1 fully saturated rings. The van der Waals surface area contributed by atoms with Gasteiger partial charge in [0.15, 0.2) is 0 Å². The van der Waals surface area contributed by atoms with Crippen molar-refractivity contribution < 1.29 is 18.3 Å². The third-order valence-corrected chi connectivity index (χ3v) is 7.03. The summed E-state index contributed by atoms with van der Waals surface area (Å²) in [5.41, 5.74) is 0.348.